The van der Waals surface area contributed by atoms with Gasteiger partial charge in [0, 0.05) is 12.6 Å². The van der Waals surface area contributed by atoms with E-state index in [2.05, 4.69) is 53.5 Å². The van der Waals surface area contributed by atoms with E-state index in [1.165, 1.54) is 5.56 Å². The molecule has 2 rings (SSSR count). The quantitative estimate of drug-likeness (QED) is 0.881. The van der Waals surface area contributed by atoms with Crippen LogP contribution in [0.15, 0.2) is 30.3 Å². The lowest BCUT2D eigenvalue weighted by molar-refractivity contribution is 0.187. The van der Waals surface area contributed by atoms with Gasteiger partial charge in [-0.25, -0.2) is 0 Å². The van der Waals surface area contributed by atoms with Crippen molar-refractivity contribution in [1.29, 1.82) is 5.26 Å². The number of benzene rings is 1. The van der Waals surface area contributed by atoms with Crippen molar-refractivity contribution >= 4 is 0 Å². The van der Waals surface area contributed by atoms with Crippen molar-refractivity contribution in [1.82, 2.24) is 10.2 Å². The summed E-state index contributed by atoms with van der Waals surface area (Å²) in [6.45, 7) is 5.34. The van der Waals surface area contributed by atoms with E-state index in [4.69, 9.17) is 5.26 Å². The number of hydrogen-bond donors (Lipinski definition) is 1. The van der Waals surface area contributed by atoms with Gasteiger partial charge in [-0.05, 0) is 37.9 Å². The van der Waals surface area contributed by atoms with Crippen LogP contribution >= 0.6 is 0 Å². The van der Waals surface area contributed by atoms with E-state index in [1.807, 2.05) is 0 Å². The summed E-state index contributed by atoms with van der Waals surface area (Å²) >= 11 is 0. The fourth-order valence-corrected chi connectivity index (χ4v) is 2.63. The van der Waals surface area contributed by atoms with Gasteiger partial charge < -0.3 is 0 Å². The first-order valence-corrected chi connectivity index (χ1v) is 7.23. The molecular weight excluding hydrogens is 234 g/mol. The van der Waals surface area contributed by atoms with Crippen molar-refractivity contribution in [2.24, 2.45) is 0 Å². The summed E-state index contributed by atoms with van der Waals surface area (Å²) in [5.74, 6) is 0. The van der Waals surface area contributed by atoms with Crippen molar-refractivity contribution in [3.8, 4) is 6.07 Å². The molecule has 3 nitrogen and oxygen atoms in total. The normalized spacial score (nSPS) is 18.9. The minimum Gasteiger partial charge on any atom is -0.299 e. The van der Waals surface area contributed by atoms with Gasteiger partial charge in [-0.15, -0.1) is 0 Å². The van der Waals surface area contributed by atoms with Crippen molar-refractivity contribution < 1.29 is 0 Å². The molecule has 0 saturated carbocycles. The van der Waals surface area contributed by atoms with Crippen LogP contribution in [0.3, 0.4) is 0 Å². The van der Waals surface area contributed by atoms with Crippen molar-refractivity contribution in [3.63, 3.8) is 0 Å². The third-order valence-electron chi connectivity index (χ3n) is 3.84. The Hall–Kier alpha value is -1.37. The Kier molecular flexibility index (Phi) is 5.38. The van der Waals surface area contributed by atoms with Gasteiger partial charge >= 0.3 is 0 Å². The lowest BCUT2D eigenvalue weighted by Crippen LogP contribution is -2.45. The molecule has 0 aliphatic carbocycles. The summed E-state index contributed by atoms with van der Waals surface area (Å²) in [6.07, 6.45) is 3.18. The summed E-state index contributed by atoms with van der Waals surface area (Å²) in [5, 5.41) is 12.4. The third kappa shape index (κ3) is 4.34. The maximum absolute atomic E-state index is 8.98. The molecule has 19 heavy (non-hydrogen) atoms. The number of hydrogen-bond acceptors (Lipinski definition) is 3. The van der Waals surface area contributed by atoms with Crippen LogP contribution < -0.4 is 5.32 Å². The second-order valence-corrected chi connectivity index (χ2v) is 5.29. The van der Waals surface area contributed by atoms with Gasteiger partial charge in [0.1, 0.15) is 0 Å². The van der Waals surface area contributed by atoms with Crippen molar-refractivity contribution in [3.05, 3.63) is 35.9 Å². The first kappa shape index (κ1) is 14.0. The molecule has 0 amide bonds. The van der Waals surface area contributed by atoms with Gasteiger partial charge in [0.05, 0.1) is 12.1 Å². The van der Waals surface area contributed by atoms with Crippen LogP contribution in [0.25, 0.3) is 0 Å². The second-order valence-electron chi connectivity index (χ2n) is 5.29. The van der Waals surface area contributed by atoms with E-state index in [0.717, 1.165) is 38.9 Å². The molecule has 0 unspecified atom stereocenters. The Bertz CT molecular complexity index is 402. The Morgan fingerprint density at radius 2 is 2.00 bits per heavy atom. The summed E-state index contributed by atoms with van der Waals surface area (Å²) in [4.78, 5) is 2.50. The summed E-state index contributed by atoms with van der Waals surface area (Å²) in [6, 6.07) is 13.5. The van der Waals surface area contributed by atoms with Gasteiger partial charge in [-0.1, -0.05) is 37.3 Å². The Labute approximate surface area is 116 Å². The maximum Gasteiger partial charge on any atom is 0.0952 e. The Balaban J connectivity index is 1.75. The summed E-state index contributed by atoms with van der Waals surface area (Å²) in [5.41, 5.74) is 1.39. The highest BCUT2D eigenvalue weighted by molar-refractivity contribution is 5.14. The van der Waals surface area contributed by atoms with Crippen LogP contribution in [0.2, 0.25) is 0 Å². The Morgan fingerprint density at radius 1 is 1.32 bits per heavy atom. The van der Waals surface area contributed by atoms with Gasteiger partial charge in [0.25, 0.3) is 0 Å². The van der Waals surface area contributed by atoms with Crippen LogP contribution in [0.4, 0.5) is 0 Å². The van der Waals surface area contributed by atoms with E-state index in [-0.39, 0.29) is 6.04 Å². The highest BCUT2D eigenvalue weighted by Crippen LogP contribution is 2.14. The predicted molar refractivity (Wildman–Crippen MR) is 77.6 cm³/mol. The molecule has 0 spiro atoms. The molecular formula is C16H23N3. The molecule has 1 N–H and O–H groups in total. The molecule has 1 saturated heterocycles. The molecule has 3 heteroatoms. The molecule has 0 bridgehead atoms. The first-order valence-electron chi connectivity index (χ1n) is 7.23. The molecule has 1 aliphatic rings. The second kappa shape index (κ2) is 7.28. The average Bonchev–Trinajstić information content (AvgIpc) is 2.47. The lowest BCUT2D eigenvalue weighted by Gasteiger charge is -2.33. The minimum atomic E-state index is 0.0191. The first-order chi connectivity index (χ1) is 9.31. The minimum absolute atomic E-state index is 0.0191. The van der Waals surface area contributed by atoms with E-state index < -0.39 is 0 Å². The third-order valence-corrected chi connectivity index (χ3v) is 3.84. The van der Waals surface area contributed by atoms with Crippen LogP contribution in [0.5, 0.6) is 0 Å². The Morgan fingerprint density at radius 3 is 2.58 bits per heavy atom. The zero-order valence-corrected chi connectivity index (χ0v) is 11.7. The number of nitrogens with zero attached hydrogens (tertiary/aromatic N) is 2. The summed E-state index contributed by atoms with van der Waals surface area (Å²) in [7, 11) is 0. The van der Waals surface area contributed by atoms with Gasteiger partial charge in [0.15, 0.2) is 0 Å². The standard InChI is InChI=1S/C16H23N3/c1-2-15(12-17)18-16-8-10-19(11-9-16)13-14-6-4-3-5-7-14/h3-7,15-16,18H,2,8-11,13H2,1H3/t15-/m0/s1. The maximum atomic E-state index is 8.98. The molecule has 1 aromatic rings. The van der Waals surface area contributed by atoms with E-state index in [0.29, 0.717) is 6.04 Å². The van der Waals surface area contributed by atoms with Crippen LogP contribution in [-0.2, 0) is 6.54 Å². The highest BCUT2D eigenvalue weighted by atomic mass is 15.1. The van der Waals surface area contributed by atoms with Crippen molar-refractivity contribution in [2.75, 3.05) is 13.1 Å². The molecule has 1 atom stereocenters. The van der Waals surface area contributed by atoms with Gasteiger partial charge in [-0.3, -0.25) is 10.2 Å². The highest BCUT2D eigenvalue weighted by Gasteiger charge is 2.20. The number of likely N-dealkylation sites (tertiary alicyclic amines) is 1. The SMILES string of the molecule is CC[C@@H](C#N)NC1CCN(Cc2ccccc2)CC1. The molecule has 0 aromatic heterocycles. The van der Waals surface area contributed by atoms with Crippen LogP contribution in [-0.4, -0.2) is 30.1 Å². The fourth-order valence-electron chi connectivity index (χ4n) is 2.63. The zero-order chi connectivity index (χ0) is 13.5. The smallest absolute Gasteiger partial charge is 0.0952 e. The predicted octanol–water partition coefficient (Wildman–Crippen LogP) is 2.54. The fraction of sp³-hybridized carbons (Fsp3) is 0.562. The van der Waals surface area contributed by atoms with Crippen molar-refractivity contribution in [2.45, 2.75) is 44.8 Å². The lowest BCUT2D eigenvalue weighted by atomic mass is 10.0. The molecule has 1 heterocycles. The molecule has 102 valence electrons. The molecule has 0 radical (unpaired) electrons. The number of rotatable bonds is 5. The van der Waals surface area contributed by atoms with E-state index in [1.54, 1.807) is 0 Å². The molecule has 1 aromatic carbocycles. The van der Waals surface area contributed by atoms with Gasteiger partial charge in [0.2, 0.25) is 0 Å². The average molecular weight is 257 g/mol. The molecule has 1 aliphatic heterocycles. The largest absolute Gasteiger partial charge is 0.299 e. The number of nitrogens with one attached hydrogen (secondary N) is 1. The van der Waals surface area contributed by atoms with Crippen LogP contribution in [0, 0.1) is 11.3 Å². The number of piperidine rings is 1. The summed E-state index contributed by atoms with van der Waals surface area (Å²) < 4.78 is 0. The van der Waals surface area contributed by atoms with E-state index >= 15 is 0 Å². The topological polar surface area (TPSA) is 39.1 Å². The number of nitriles is 1. The molecule has 1 fully saturated rings. The van der Waals surface area contributed by atoms with Gasteiger partial charge in [-0.2, -0.15) is 5.26 Å². The van der Waals surface area contributed by atoms with E-state index in [9.17, 15) is 0 Å². The monoisotopic (exact) mass is 257 g/mol. The zero-order valence-electron chi connectivity index (χ0n) is 11.7. The van der Waals surface area contributed by atoms with Crippen LogP contribution in [0.1, 0.15) is 31.7 Å².